The molecule has 0 aliphatic heterocycles. The summed E-state index contributed by atoms with van der Waals surface area (Å²) in [7, 11) is 0. The summed E-state index contributed by atoms with van der Waals surface area (Å²) in [5, 5.41) is 13.1. The van der Waals surface area contributed by atoms with E-state index in [0.29, 0.717) is 0 Å². The number of hydrogen-bond acceptors (Lipinski definition) is 0. The van der Waals surface area contributed by atoms with Crippen LogP contribution in [0.2, 0.25) is 0 Å². The zero-order valence-electron chi connectivity index (χ0n) is 24.2. The highest BCUT2D eigenvalue weighted by Crippen LogP contribution is 2.44. The van der Waals surface area contributed by atoms with E-state index in [1.54, 1.807) is 0 Å². The van der Waals surface area contributed by atoms with Crippen molar-refractivity contribution in [1.82, 2.24) is 0 Å². The minimum absolute atomic E-state index is 1.22. The molecule has 204 valence electrons. The van der Waals surface area contributed by atoms with E-state index in [1.165, 1.54) is 87.2 Å². The summed E-state index contributed by atoms with van der Waals surface area (Å²) in [6.07, 6.45) is 0. The predicted octanol–water partition coefficient (Wildman–Crippen LogP) is 12.5. The Morgan fingerprint density at radius 1 is 0.182 bits per heavy atom. The van der Waals surface area contributed by atoms with Gasteiger partial charge in [0.15, 0.2) is 0 Å². The van der Waals surface area contributed by atoms with Crippen LogP contribution in [0.3, 0.4) is 0 Å². The highest BCUT2D eigenvalue weighted by molar-refractivity contribution is 6.39. The van der Waals surface area contributed by atoms with Crippen molar-refractivity contribution in [1.29, 1.82) is 0 Å². The molecule has 0 heterocycles. The van der Waals surface area contributed by atoms with E-state index in [2.05, 4.69) is 170 Å². The van der Waals surface area contributed by atoms with Crippen molar-refractivity contribution in [3.05, 3.63) is 170 Å². The lowest BCUT2D eigenvalue weighted by molar-refractivity contribution is 1.58. The Bertz CT molecular complexity index is 2540. The molecule has 0 bridgehead atoms. The summed E-state index contributed by atoms with van der Waals surface area (Å²) in [5.74, 6) is 0. The third-order valence-corrected chi connectivity index (χ3v) is 9.21. The second-order valence-electron chi connectivity index (χ2n) is 11.7. The molecule has 0 amide bonds. The van der Waals surface area contributed by atoms with Crippen LogP contribution in [0.15, 0.2) is 170 Å². The van der Waals surface area contributed by atoms with Gasteiger partial charge in [-0.15, -0.1) is 0 Å². The quantitative estimate of drug-likeness (QED) is 0.190. The van der Waals surface area contributed by atoms with Gasteiger partial charge in [0.1, 0.15) is 0 Å². The molecule has 0 spiro atoms. The number of benzene rings is 9. The Hall–Kier alpha value is -5.72. The zero-order valence-corrected chi connectivity index (χ0v) is 24.2. The minimum Gasteiger partial charge on any atom is -0.0622 e. The fourth-order valence-corrected chi connectivity index (χ4v) is 7.19. The van der Waals surface area contributed by atoms with Crippen LogP contribution in [0.5, 0.6) is 0 Å². The first-order valence-electron chi connectivity index (χ1n) is 15.3. The predicted molar refractivity (Wildman–Crippen MR) is 190 cm³/mol. The summed E-state index contributed by atoms with van der Waals surface area (Å²) in [5.41, 5.74) is 7.37. The Morgan fingerprint density at radius 2 is 0.523 bits per heavy atom. The van der Waals surface area contributed by atoms with Crippen molar-refractivity contribution in [3.8, 4) is 33.4 Å². The van der Waals surface area contributed by atoms with Crippen LogP contribution in [0.4, 0.5) is 0 Å². The SMILES string of the molecule is c1ccc(-c2cccc(-c3cccc(-c4ccc5c(c4)c4ccccc4c4c6ccccc6c6ccccc6c54)c3)c2)cc1. The lowest BCUT2D eigenvalue weighted by Gasteiger charge is -2.17. The molecule has 9 rings (SSSR count). The Morgan fingerprint density at radius 3 is 1.02 bits per heavy atom. The van der Waals surface area contributed by atoms with E-state index in [9.17, 15) is 0 Å². The van der Waals surface area contributed by atoms with E-state index in [0.717, 1.165) is 0 Å². The average Bonchev–Trinajstić information content (AvgIpc) is 3.11. The summed E-state index contributed by atoms with van der Waals surface area (Å²) in [4.78, 5) is 0. The molecule has 0 N–H and O–H groups in total. The molecule has 9 aromatic rings. The highest BCUT2D eigenvalue weighted by Gasteiger charge is 2.16. The van der Waals surface area contributed by atoms with Crippen molar-refractivity contribution >= 4 is 53.9 Å². The van der Waals surface area contributed by atoms with Gasteiger partial charge in [-0.3, -0.25) is 0 Å². The van der Waals surface area contributed by atoms with Crippen LogP contribution in [0, 0.1) is 0 Å². The molecule has 0 aliphatic carbocycles. The van der Waals surface area contributed by atoms with Gasteiger partial charge in [0.25, 0.3) is 0 Å². The summed E-state index contributed by atoms with van der Waals surface area (Å²) in [6, 6.07) is 62.2. The topological polar surface area (TPSA) is 0 Å². The molecule has 0 heteroatoms. The molecule has 0 aromatic heterocycles. The van der Waals surface area contributed by atoms with Gasteiger partial charge in [-0.2, -0.15) is 0 Å². The van der Waals surface area contributed by atoms with Crippen LogP contribution in [0.1, 0.15) is 0 Å². The fraction of sp³-hybridized carbons (Fsp3) is 0. The smallest absolute Gasteiger partial charge is 0.00139 e. The molecule has 0 atom stereocenters. The van der Waals surface area contributed by atoms with Gasteiger partial charge in [-0.1, -0.05) is 152 Å². The maximum Gasteiger partial charge on any atom is -0.00139 e. The molecule has 0 radical (unpaired) electrons. The third kappa shape index (κ3) is 3.85. The molecule has 9 aromatic carbocycles. The van der Waals surface area contributed by atoms with Crippen molar-refractivity contribution < 1.29 is 0 Å². The molecule has 0 saturated heterocycles. The summed E-state index contributed by atoms with van der Waals surface area (Å²) in [6.45, 7) is 0. The van der Waals surface area contributed by atoms with Crippen LogP contribution in [-0.4, -0.2) is 0 Å². The van der Waals surface area contributed by atoms with E-state index >= 15 is 0 Å². The molecule has 0 aliphatic rings. The minimum atomic E-state index is 1.22. The zero-order chi connectivity index (χ0) is 29.0. The lowest BCUT2D eigenvalue weighted by atomic mass is 9.86. The van der Waals surface area contributed by atoms with Crippen LogP contribution >= 0.6 is 0 Å². The van der Waals surface area contributed by atoms with E-state index in [-0.39, 0.29) is 0 Å². The second-order valence-corrected chi connectivity index (χ2v) is 11.7. The Labute approximate surface area is 256 Å². The monoisotopic (exact) mass is 556 g/mol. The van der Waals surface area contributed by atoms with Crippen molar-refractivity contribution in [2.24, 2.45) is 0 Å². The first kappa shape index (κ1) is 24.8. The van der Waals surface area contributed by atoms with Gasteiger partial charge in [0.2, 0.25) is 0 Å². The largest absolute Gasteiger partial charge is 0.0622 e. The third-order valence-electron chi connectivity index (χ3n) is 9.21. The average molecular weight is 557 g/mol. The van der Waals surface area contributed by atoms with Crippen molar-refractivity contribution in [3.63, 3.8) is 0 Å². The van der Waals surface area contributed by atoms with E-state index < -0.39 is 0 Å². The lowest BCUT2D eigenvalue weighted by Crippen LogP contribution is -1.89. The van der Waals surface area contributed by atoms with Gasteiger partial charge in [-0.05, 0) is 105 Å². The van der Waals surface area contributed by atoms with Crippen LogP contribution in [-0.2, 0) is 0 Å². The number of rotatable bonds is 3. The molecular weight excluding hydrogens is 528 g/mol. The maximum absolute atomic E-state index is 2.40. The standard InChI is InChI=1S/C44H28/c1-2-12-29(13-3-1)30-14-10-15-31(26-30)32-16-11-17-33(27-32)34-24-25-41-42(28-34)37-20-6-9-23-40(37)43-38-21-7-4-18-35(38)36-19-5-8-22-39(36)44(41)43/h1-28H. The molecule has 44 heavy (non-hydrogen) atoms. The first-order valence-corrected chi connectivity index (χ1v) is 15.3. The second kappa shape index (κ2) is 9.93. The van der Waals surface area contributed by atoms with Gasteiger partial charge >= 0.3 is 0 Å². The number of hydrogen-bond donors (Lipinski definition) is 0. The van der Waals surface area contributed by atoms with Gasteiger partial charge < -0.3 is 0 Å². The first-order chi connectivity index (χ1) is 21.8. The Kier molecular flexibility index (Phi) is 5.61. The molecule has 0 unspecified atom stereocenters. The number of fused-ring (bicyclic) bond motifs is 11. The maximum atomic E-state index is 2.40. The fourth-order valence-electron chi connectivity index (χ4n) is 7.19. The van der Waals surface area contributed by atoms with Crippen LogP contribution < -0.4 is 0 Å². The molecule has 0 fully saturated rings. The summed E-state index contributed by atoms with van der Waals surface area (Å²) < 4.78 is 0. The highest BCUT2D eigenvalue weighted by atomic mass is 14.2. The van der Waals surface area contributed by atoms with E-state index in [4.69, 9.17) is 0 Å². The van der Waals surface area contributed by atoms with Gasteiger partial charge in [0, 0.05) is 0 Å². The Balaban J connectivity index is 1.28. The van der Waals surface area contributed by atoms with Gasteiger partial charge in [-0.25, -0.2) is 0 Å². The van der Waals surface area contributed by atoms with Crippen LogP contribution in [0.25, 0.3) is 87.2 Å². The van der Waals surface area contributed by atoms with E-state index in [1.807, 2.05) is 0 Å². The summed E-state index contributed by atoms with van der Waals surface area (Å²) >= 11 is 0. The van der Waals surface area contributed by atoms with Crippen molar-refractivity contribution in [2.75, 3.05) is 0 Å². The normalized spacial score (nSPS) is 11.6. The van der Waals surface area contributed by atoms with Crippen molar-refractivity contribution in [2.45, 2.75) is 0 Å². The van der Waals surface area contributed by atoms with Gasteiger partial charge in [0.05, 0.1) is 0 Å². The molecule has 0 saturated carbocycles. The molecule has 0 nitrogen and oxygen atoms in total. The molecular formula is C44H28.